The lowest BCUT2D eigenvalue weighted by Crippen LogP contribution is -2.46. The van der Waals surface area contributed by atoms with Crippen LogP contribution >= 0.6 is 0 Å². The summed E-state index contributed by atoms with van der Waals surface area (Å²) in [5.41, 5.74) is 2.66. The van der Waals surface area contributed by atoms with E-state index < -0.39 is 12.0 Å². The van der Waals surface area contributed by atoms with Gasteiger partial charge in [0.25, 0.3) is 0 Å². The molecular weight excluding hydrogens is 396 g/mol. The first-order valence-electron chi connectivity index (χ1n) is 10.3. The number of hydrogen-bond acceptors (Lipinski definition) is 5. The van der Waals surface area contributed by atoms with Crippen LogP contribution in [-0.2, 0) is 16.1 Å². The molecule has 0 bridgehead atoms. The standard InChI is InChI=1S/C24H28N2O5/c1-5-18-21(23(27)31-15(2)3)22(26-24(28)25-18)17-11-12-19(20(13-17)29-4)30-14-16-9-7-6-8-10-16/h6-13,15,22H,5,14H2,1-4H3,(H2,25,26,28). The summed E-state index contributed by atoms with van der Waals surface area (Å²) < 4.78 is 16.9. The van der Waals surface area contributed by atoms with Gasteiger partial charge in [-0.1, -0.05) is 43.3 Å². The van der Waals surface area contributed by atoms with E-state index in [1.54, 1.807) is 33.1 Å². The molecule has 0 fully saturated rings. The molecule has 2 aromatic carbocycles. The zero-order chi connectivity index (χ0) is 22.4. The van der Waals surface area contributed by atoms with E-state index in [0.29, 0.717) is 41.4 Å². The topological polar surface area (TPSA) is 85.9 Å². The van der Waals surface area contributed by atoms with Gasteiger partial charge < -0.3 is 24.8 Å². The van der Waals surface area contributed by atoms with E-state index in [2.05, 4.69) is 10.6 Å². The van der Waals surface area contributed by atoms with Crippen molar-refractivity contribution in [3.05, 3.63) is 70.9 Å². The highest BCUT2D eigenvalue weighted by atomic mass is 16.5. The van der Waals surface area contributed by atoms with E-state index in [4.69, 9.17) is 14.2 Å². The summed E-state index contributed by atoms with van der Waals surface area (Å²) in [5, 5.41) is 5.55. The Balaban J connectivity index is 1.91. The molecule has 1 aliphatic rings. The molecule has 2 amide bonds. The summed E-state index contributed by atoms with van der Waals surface area (Å²) in [4.78, 5) is 25.0. The molecule has 0 saturated carbocycles. The Morgan fingerprint density at radius 2 is 1.84 bits per heavy atom. The molecule has 0 aliphatic carbocycles. The van der Waals surface area contributed by atoms with Crippen LogP contribution in [0.1, 0.15) is 44.4 Å². The number of allylic oxidation sites excluding steroid dienone is 1. The van der Waals surface area contributed by atoms with Gasteiger partial charge >= 0.3 is 12.0 Å². The monoisotopic (exact) mass is 424 g/mol. The largest absolute Gasteiger partial charge is 0.493 e. The van der Waals surface area contributed by atoms with Crippen molar-refractivity contribution in [1.29, 1.82) is 0 Å². The number of carbonyl (C=O) groups excluding carboxylic acids is 2. The zero-order valence-electron chi connectivity index (χ0n) is 18.2. The number of methoxy groups -OCH3 is 1. The second kappa shape index (κ2) is 10.0. The zero-order valence-corrected chi connectivity index (χ0v) is 18.2. The van der Waals surface area contributed by atoms with Crippen molar-refractivity contribution in [1.82, 2.24) is 10.6 Å². The van der Waals surface area contributed by atoms with Crippen LogP contribution in [0.2, 0.25) is 0 Å². The highest BCUT2D eigenvalue weighted by Crippen LogP contribution is 2.35. The molecule has 0 radical (unpaired) electrons. The normalized spacial score (nSPS) is 15.9. The number of rotatable bonds is 8. The summed E-state index contributed by atoms with van der Waals surface area (Å²) >= 11 is 0. The highest BCUT2D eigenvalue weighted by molar-refractivity contribution is 5.95. The van der Waals surface area contributed by atoms with E-state index in [-0.39, 0.29) is 12.1 Å². The van der Waals surface area contributed by atoms with E-state index in [1.807, 2.05) is 43.3 Å². The molecular formula is C24H28N2O5. The van der Waals surface area contributed by atoms with E-state index in [1.165, 1.54) is 0 Å². The minimum absolute atomic E-state index is 0.278. The Bertz CT molecular complexity index is 969. The molecule has 31 heavy (non-hydrogen) atoms. The Hall–Kier alpha value is -3.48. The van der Waals surface area contributed by atoms with Crippen LogP contribution in [0.3, 0.4) is 0 Å². The summed E-state index contributed by atoms with van der Waals surface area (Å²) in [7, 11) is 1.55. The quantitative estimate of drug-likeness (QED) is 0.619. The predicted octanol–water partition coefficient (Wildman–Crippen LogP) is 4.24. The third-order valence-electron chi connectivity index (χ3n) is 4.83. The van der Waals surface area contributed by atoms with Gasteiger partial charge in [-0.25, -0.2) is 9.59 Å². The van der Waals surface area contributed by atoms with Crippen molar-refractivity contribution in [2.24, 2.45) is 0 Å². The predicted molar refractivity (Wildman–Crippen MR) is 117 cm³/mol. The van der Waals surface area contributed by atoms with Crippen LogP contribution in [0.5, 0.6) is 11.5 Å². The number of nitrogens with one attached hydrogen (secondary N) is 2. The van der Waals surface area contributed by atoms with Crippen LogP contribution in [0, 0.1) is 0 Å². The van der Waals surface area contributed by atoms with E-state index in [0.717, 1.165) is 5.56 Å². The molecule has 1 aliphatic heterocycles. The number of esters is 1. The Labute approximate surface area is 182 Å². The van der Waals surface area contributed by atoms with Crippen LogP contribution in [0.4, 0.5) is 4.79 Å². The molecule has 0 spiro atoms. The van der Waals surface area contributed by atoms with Gasteiger partial charge in [0.1, 0.15) is 6.61 Å². The highest BCUT2D eigenvalue weighted by Gasteiger charge is 2.34. The average molecular weight is 424 g/mol. The lowest BCUT2D eigenvalue weighted by Gasteiger charge is -2.30. The van der Waals surface area contributed by atoms with Crippen molar-refractivity contribution in [2.75, 3.05) is 7.11 Å². The van der Waals surface area contributed by atoms with Crippen molar-refractivity contribution < 1.29 is 23.8 Å². The van der Waals surface area contributed by atoms with Crippen molar-refractivity contribution >= 4 is 12.0 Å². The SMILES string of the molecule is CCC1=C(C(=O)OC(C)C)C(c2ccc(OCc3ccccc3)c(OC)c2)NC(=O)N1. The third-order valence-corrected chi connectivity index (χ3v) is 4.83. The van der Waals surface area contributed by atoms with Crippen LogP contribution in [-0.4, -0.2) is 25.2 Å². The van der Waals surface area contributed by atoms with E-state index in [9.17, 15) is 9.59 Å². The second-order valence-electron chi connectivity index (χ2n) is 7.42. The van der Waals surface area contributed by atoms with Crippen molar-refractivity contribution in [2.45, 2.75) is 45.9 Å². The molecule has 3 rings (SSSR count). The maximum atomic E-state index is 12.8. The number of benzene rings is 2. The number of amides is 2. The molecule has 164 valence electrons. The van der Waals surface area contributed by atoms with Gasteiger partial charge in [-0.05, 0) is 43.5 Å². The fraction of sp³-hybridized carbons (Fsp3) is 0.333. The van der Waals surface area contributed by atoms with Gasteiger partial charge in [-0.2, -0.15) is 0 Å². The second-order valence-corrected chi connectivity index (χ2v) is 7.42. The van der Waals surface area contributed by atoms with Crippen LogP contribution < -0.4 is 20.1 Å². The number of urea groups is 1. The Morgan fingerprint density at radius 1 is 1.10 bits per heavy atom. The fourth-order valence-corrected chi connectivity index (χ4v) is 3.38. The third kappa shape index (κ3) is 5.36. The molecule has 1 unspecified atom stereocenters. The number of hydrogen-bond donors (Lipinski definition) is 2. The lowest BCUT2D eigenvalue weighted by molar-refractivity contribution is -0.143. The molecule has 0 saturated heterocycles. The molecule has 7 nitrogen and oxygen atoms in total. The minimum Gasteiger partial charge on any atom is -0.493 e. The van der Waals surface area contributed by atoms with Gasteiger partial charge in [0.15, 0.2) is 11.5 Å². The van der Waals surface area contributed by atoms with Gasteiger partial charge in [-0.15, -0.1) is 0 Å². The minimum atomic E-state index is -0.660. The van der Waals surface area contributed by atoms with Gasteiger partial charge in [0.2, 0.25) is 0 Å². The Morgan fingerprint density at radius 3 is 2.48 bits per heavy atom. The summed E-state index contributed by atoms with van der Waals surface area (Å²) in [5.74, 6) is 0.616. The lowest BCUT2D eigenvalue weighted by atomic mass is 9.94. The van der Waals surface area contributed by atoms with E-state index >= 15 is 0 Å². The Kier molecular flexibility index (Phi) is 7.18. The van der Waals surface area contributed by atoms with Crippen LogP contribution in [0.25, 0.3) is 0 Å². The smallest absolute Gasteiger partial charge is 0.338 e. The van der Waals surface area contributed by atoms with Crippen molar-refractivity contribution in [3.63, 3.8) is 0 Å². The number of carbonyl (C=O) groups is 2. The fourth-order valence-electron chi connectivity index (χ4n) is 3.38. The summed E-state index contributed by atoms with van der Waals surface area (Å²) in [6.45, 7) is 5.85. The molecule has 2 aromatic rings. The first-order chi connectivity index (χ1) is 14.9. The molecule has 7 heteroatoms. The van der Waals surface area contributed by atoms with Gasteiger partial charge in [0.05, 0.1) is 24.8 Å². The molecule has 0 aromatic heterocycles. The number of ether oxygens (including phenoxy) is 3. The van der Waals surface area contributed by atoms with Gasteiger partial charge in [-0.3, -0.25) is 0 Å². The molecule has 2 N–H and O–H groups in total. The average Bonchev–Trinajstić information content (AvgIpc) is 2.77. The van der Waals surface area contributed by atoms with Crippen molar-refractivity contribution in [3.8, 4) is 11.5 Å². The molecule has 1 atom stereocenters. The maximum absolute atomic E-state index is 12.8. The summed E-state index contributed by atoms with van der Waals surface area (Å²) in [6.07, 6.45) is 0.210. The molecule has 1 heterocycles. The summed E-state index contributed by atoms with van der Waals surface area (Å²) in [6, 6.07) is 14.2. The first kappa shape index (κ1) is 22.2. The first-order valence-corrected chi connectivity index (χ1v) is 10.3. The van der Waals surface area contributed by atoms with Gasteiger partial charge in [0, 0.05) is 5.70 Å². The maximum Gasteiger partial charge on any atom is 0.338 e. The van der Waals surface area contributed by atoms with Crippen LogP contribution in [0.15, 0.2) is 59.8 Å².